The van der Waals surface area contributed by atoms with Crippen LogP contribution in [0.2, 0.25) is 38.3 Å². The zero-order chi connectivity index (χ0) is 58.2. The van der Waals surface area contributed by atoms with Crippen LogP contribution in [0, 0.1) is 0 Å². The molecule has 0 spiro atoms. The summed E-state index contributed by atoms with van der Waals surface area (Å²) in [4.78, 5) is 0. The summed E-state index contributed by atoms with van der Waals surface area (Å²) < 4.78 is 44.2. The predicted molar refractivity (Wildman–Crippen MR) is 356 cm³/mol. The molecular formula is C72H97BN2O6Si2. The lowest BCUT2D eigenvalue weighted by Gasteiger charge is -2.32. The van der Waals surface area contributed by atoms with Gasteiger partial charge in [-0.1, -0.05) is 224 Å². The lowest BCUT2D eigenvalue weighted by molar-refractivity contribution is -0.105. The second-order valence-electron chi connectivity index (χ2n) is 26.6. The monoisotopic (exact) mass is 1150 g/mol. The molecule has 3 aliphatic rings. The van der Waals surface area contributed by atoms with Crippen molar-refractivity contribution in [2.24, 2.45) is 0 Å². The molecule has 3 aliphatic heterocycles. The molecule has 5 heterocycles. The predicted octanol–water partition coefficient (Wildman–Crippen LogP) is 18.2. The van der Waals surface area contributed by atoms with Gasteiger partial charge in [-0.05, 0) is 95.8 Å². The van der Waals surface area contributed by atoms with E-state index in [1.54, 1.807) is 0 Å². The number of nitrogens with zero attached hydrogens (tertiary/aromatic N) is 2. The highest BCUT2D eigenvalue weighted by molar-refractivity contribution is 6.90. The highest BCUT2D eigenvalue weighted by Gasteiger charge is 2.53. The van der Waals surface area contributed by atoms with Crippen LogP contribution in [-0.2, 0) is 18.8 Å². The Bertz CT molecular complexity index is 3300. The van der Waals surface area contributed by atoms with E-state index in [1.165, 1.54) is 143 Å². The van der Waals surface area contributed by atoms with Crippen molar-refractivity contribution in [1.29, 1.82) is 0 Å². The standard InChI is InChI=1S/C39H54BNO4Si.C33H43NO2Si/c1-8-9-10-11-12-19-26-46(6,7)29-27-32(40-44-38(2,3)39(4,5)45-40)37(43-36-24-17-18-25-42-36)35(28-29)41-33-22-15-13-20-30(33)31-21-14-16-23-34(31)41;1-4-5-6-7-8-15-24-37(2,3)26-21-22-32(36-33-20-13-14-23-35-33)31(25-26)34-29-18-11-9-16-27(29)28-17-10-12-19-30(28)34/h13-16,20-23,27-28,36H,8-12,17-19,24-26H2,1-7H3;9-12,16-19,21-22,25,33H,4-8,13-15,20,23-24H2,1-3H3. The van der Waals surface area contributed by atoms with Gasteiger partial charge < -0.3 is 37.4 Å². The van der Waals surface area contributed by atoms with Crippen LogP contribution in [0.25, 0.3) is 55.0 Å². The van der Waals surface area contributed by atoms with Crippen LogP contribution >= 0.6 is 0 Å². The molecule has 442 valence electrons. The van der Waals surface area contributed by atoms with Crippen molar-refractivity contribution >= 4 is 82.7 Å². The number of aromatic nitrogens is 2. The average molecular weight is 1150 g/mol. The van der Waals surface area contributed by atoms with Gasteiger partial charge in [0, 0.05) is 39.8 Å². The van der Waals surface area contributed by atoms with Crippen molar-refractivity contribution < 1.29 is 28.3 Å². The molecule has 2 aromatic heterocycles. The van der Waals surface area contributed by atoms with Crippen molar-refractivity contribution in [1.82, 2.24) is 9.13 Å². The summed E-state index contributed by atoms with van der Waals surface area (Å²) >= 11 is 0. The summed E-state index contributed by atoms with van der Waals surface area (Å²) in [6.45, 7) is 24.7. The quantitative estimate of drug-likeness (QED) is 0.0470. The van der Waals surface area contributed by atoms with E-state index in [2.05, 4.69) is 204 Å². The highest BCUT2D eigenvalue weighted by Crippen LogP contribution is 2.41. The maximum atomic E-state index is 7.00. The van der Waals surface area contributed by atoms with E-state index in [4.69, 9.17) is 28.3 Å². The average Bonchev–Trinajstić information content (AvgIpc) is 2.43. The Kier molecular flexibility index (Phi) is 19.9. The smallest absolute Gasteiger partial charge is 0.463 e. The van der Waals surface area contributed by atoms with Gasteiger partial charge in [0.05, 0.1) is 74.0 Å². The lowest BCUT2D eigenvalue weighted by atomic mass is 9.78. The zero-order valence-electron chi connectivity index (χ0n) is 52.3. The molecule has 2 atom stereocenters. The van der Waals surface area contributed by atoms with Crippen molar-refractivity contribution in [2.45, 2.75) is 219 Å². The minimum Gasteiger partial charge on any atom is -0.463 e. The van der Waals surface area contributed by atoms with Gasteiger partial charge in [0.25, 0.3) is 0 Å². The number of fused-ring (bicyclic) bond motifs is 6. The van der Waals surface area contributed by atoms with Crippen LogP contribution in [0.5, 0.6) is 11.5 Å². The van der Waals surface area contributed by atoms with Gasteiger partial charge in [0.2, 0.25) is 0 Å². The fourth-order valence-electron chi connectivity index (χ4n) is 12.9. The number of unbranched alkanes of at least 4 members (excludes halogenated alkanes) is 10. The summed E-state index contributed by atoms with van der Waals surface area (Å²) in [5, 5.41) is 7.97. The van der Waals surface area contributed by atoms with E-state index in [0.29, 0.717) is 0 Å². The van der Waals surface area contributed by atoms with Crippen molar-refractivity contribution in [2.75, 3.05) is 13.2 Å². The molecule has 11 rings (SSSR count). The maximum Gasteiger partial charge on any atom is 0.498 e. The van der Waals surface area contributed by atoms with E-state index in [9.17, 15) is 0 Å². The number of para-hydroxylation sites is 4. The van der Waals surface area contributed by atoms with Crippen LogP contribution in [0.15, 0.2) is 127 Å². The Morgan fingerprint density at radius 3 is 1.34 bits per heavy atom. The van der Waals surface area contributed by atoms with Crippen molar-refractivity contribution in [3.05, 3.63) is 127 Å². The molecule has 0 saturated carbocycles. The summed E-state index contributed by atoms with van der Waals surface area (Å²) in [7, 11) is -4.02. The highest BCUT2D eigenvalue weighted by atomic mass is 28.3. The first kappa shape index (κ1) is 61.0. The number of ether oxygens (including phenoxy) is 4. The Morgan fingerprint density at radius 2 is 0.880 bits per heavy atom. The molecule has 0 bridgehead atoms. The van der Waals surface area contributed by atoms with Crippen molar-refractivity contribution in [3.8, 4) is 22.9 Å². The minimum absolute atomic E-state index is 0.167. The molecule has 0 amide bonds. The Labute approximate surface area is 500 Å². The summed E-state index contributed by atoms with van der Waals surface area (Å²) in [6.07, 6.45) is 21.8. The SMILES string of the molecule is CCCCCCCC[Si](C)(C)c1cc(B2OC(C)(C)C(C)(C)O2)c(OC2CCCCO2)c(-n2c3ccccc3c3ccccc32)c1.CCCCCCCC[Si](C)(C)c1ccc(OC2CCCCO2)c(-n2c3ccccc3c3ccccc32)c1. The fraction of sp³-hybridized carbons (Fsp3) is 0.500. The Hall–Kier alpha value is -5.14. The van der Waals surface area contributed by atoms with Gasteiger partial charge in [-0.15, -0.1) is 0 Å². The van der Waals surface area contributed by atoms with Crippen LogP contribution in [0.4, 0.5) is 0 Å². The summed E-state index contributed by atoms with van der Waals surface area (Å²) in [5.74, 6) is 1.73. The third kappa shape index (κ3) is 13.8. The maximum absolute atomic E-state index is 7.00. The van der Waals surface area contributed by atoms with Gasteiger partial charge in [0.15, 0.2) is 12.6 Å². The molecule has 8 nitrogen and oxygen atoms in total. The van der Waals surface area contributed by atoms with Gasteiger partial charge in [-0.25, -0.2) is 0 Å². The second kappa shape index (κ2) is 27.1. The Balaban J connectivity index is 0.000000190. The van der Waals surface area contributed by atoms with Gasteiger partial charge >= 0.3 is 7.12 Å². The van der Waals surface area contributed by atoms with E-state index in [-0.39, 0.29) is 12.6 Å². The molecule has 11 heteroatoms. The molecule has 0 N–H and O–H groups in total. The van der Waals surface area contributed by atoms with E-state index in [0.717, 1.165) is 80.1 Å². The van der Waals surface area contributed by atoms with Crippen LogP contribution in [0.1, 0.15) is 157 Å². The third-order valence-electron chi connectivity index (χ3n) is 18.9. The molecule has 83 heavy (non-hydrogen) atoms. The van der Waals surface area contributed by atoms with Gasteiger partial charge in [-0.2, -0.15) is 0 Å². The minimum atomic E-state index is -1.87. The molecule has 2 unspecified atom stereocenters. The number of hydrogen-bond donors (Lipinski definition) is 0. The third-order valence-corrected chi connectivity index (χ3v) is 25.8. The fourth-order valence-corrected chi connectivity index (χ4v) is 17.9. The second-order valence-corrected chi connectivity index (χ2v) is 36.2. The van der Waals surface area contributed by atoms with E-state index >= 15 is 0 Å². The van der Waals surface area contributed by atoms with Crippen LogP contribution < -0.4 is 25.3 Å². The molecule has 3 saturated heterocycles. The summed E-state index contributed by atoms with van der Waals surface area (Å²) in [6, 6.07) is 49.4. The van der Waals surface area contributed by atoms with E-state index in [1.807, 2.05) is 0 Å². The van der Waals surface area contributed by atoms with Crippen LogP contribution in [-0.4, -0.2) is 69.4 Å². The molecule has 8 aromatic rings. The molecule has 6 aromatic carbocycles. The largest absolute Gasteiger partial charge is 0.498 e. The zero-order valence-corrected chi connectivity index (χ0v) is 54.3. The van der Waals surface area contributed by atoms with Crippen LogP contribution in [0.3, 0.4) is 0 Å². The normalized spacial score (nSPS) is 18.3. The lowest BCUT2D eigenvalue weighted by Crippen LogP contribution is -2.46. The van der Waals surface area contributed by atoms with Gasteiger partial charge in [-0.3, -0.25) is 0 Å². The first-order valence-corrected chi connectivity index (χ1v) is 38.7. The number of rotatable bonds is 23. The first-order chi connectivity index (χ1) is 40.1. The molecular weight excluding hydrogens is 1060 g/mol. The van der Waals surface area contributed by atoms with E-state index < -0.39 is 34.5 Å². The van der Waals surface area contributed by atoms with Gasteiger partial charge in [0.1, 0.15) is 11.5 Å². The first-order valence-electron chi connectivity index (χ1n) is 32.3. The topological polar surface area (TPSA) is 65.2 Å². The molecule has 0 aliphatic carbocycles. The molecule has 3 fully saturated rings. The number of hydrogen-bond acceptors (Lipinski definition) is 6. The molecule has 0 radical (unpaired) electrons. The Morgan fingerprint density at radius 1 is 0.470 bits per heavy atom. The summed E-state index contributed by atoms with van der Waals surface area (Å²) in [5.41, 5.74) is 7.04. The van der Waals surface area contributed by atoms with Crippen molar-refractivity contribution in [3.63, 3.8) is 0 Å². The number of benzene rings is 6.